The first-order valence-electron chi connectivity index (χ1n) is 4.55. The van der Waals surface area contributed by atoms with E-state index in [1.165, 1.54) is 14.2 Å². The zero-order valence-corrected chi connectivity index (χ0v) is 9.06. The van der Waals surface area contributed by atoms with Crippen molar-refractivity contribution >= 4 is 12.1 Å². The van der Waals surface area contributed by atoms with Gasteiger partial charge in [0.2, 0.25) is 0 Å². The van der Waals surface area contributed by atoms with Crippen molar-refractivity contribution in [3.63, 3.8) is 0 Å². The van der Waals surface area contributed by atoms with Gasteiger partial charge in [0.15, 0.2) is 0 Å². The minimum Gasteiger partial charge on any atom is -0.465 e. The van der Waals surface area contributed by atoms with Crippen molar-refractivity contribution in [1.82, 2.24) is 0 Å². The molecule has 0 saturated carbocycles. The molecule has 0 atom stereocenters. The van der Waals surface area contributed by atoms with Crippen molar-refractivity contribution in [1.29, 1.82) is 0 Å². The molecule has 0 aliphatic carbocycles. The Hall–Kier alpha value is -2.04. The van der Waals surface area contributed by atoms with Gasteiger partial charge < -0.3 is 14.2 Å². The molecule has 0 unspecified atom stereocenters. The van der Waals surface area contributed by atoms with E-state index in [0.717, 1.165) is 5.56 Å². The van der Waals surface area contributed by atoms with Crippen LogP contribution in [-0.4, -0.2) is 26.3 Å². The number of carbonyl (C=O) groups excluding carboxylic acids is 2. The van der Waals surface area contributed by atoms with E-state index in [9.17, 15) is 9.59 Å². The maximum Gasteiger partial charge on any atom is 0.508 e. The van der Waals surface area contributed by atoms with Crippen LogP contribution >= 0.6 is 0 Å². The van der Waals surface area contributed by atoms with Crippen molar-refractivity contribution in [2.45, 2.75) is 6.61 Å². The Morgan fingerprint density at radius 2 is 1.69 bits per heavy atom. The lowest BCUT2D eigenvalue weighted by Gasteiger charge is -2.04. The average Bonchev–Trinajstić information content (AvgIpc) is 2.35. The van der Waals surface area contributed by atoms with Gasteiger partial charge in [0.1, 0.15) is 6.61 Å². The van der Waals surface area contributed by atoms with E-state index in [-0.39, 0.29) is 6.61 Å². The number of methoxy groups -OCH3 is 2. The fourth-order valence-corrected chi connectivity index (χ4v) is 1.06. The van der Waals surface area contributed by atoms with E-state index in [1.807, 2.05) is 0 Å². The number of hydrogen-bond acceptors (Lipinski definition) is 5. The monoisotopic (exact) mass is 224 g/mol. The predicted molar refractivity (Wildman–Crippen MR) is 55.0 cm³/mol. The zero-order chi connectivity index (χ0) is 12.0. The molecule has 0 radical (unpaired) electrons. The number of ether oxygens (including phenoxy) is 3. The summed E-state index contributed by atoms with van der Waals surface area (Å²) in [6.45, 7) is 0.105. The van der Waals surface area contributed by atoms with Gasteiger partial charge in [0.25, 0.3) is 0 Å². The van der Waals surface area contributed by atoms with Crippen molar-refractivity contribution in [2.75, 3.05) is 14.2 Å². The van der Waals surface area contributed by atoms with E-state index >= 15 is 0 Å². The van der Waals surface area contributed by atoms with Crippen molar-refractivity contribution < 1.29 is 23.8 Å². The zero-order valence-electron chi connectivity index (χ0n) is 9.06. The molecule has 0 N–H and O–H groups in total. The van der Waals surface area contributed by atoms with Crippen molar-refractivity contribution in [3.05, 3.63) is 35.4 Å². The largest absolute Gasteiger partial charge is 0.508 e. The molecular formula is C11H12O5. The maximum atomic E-state index is 11.1. The van der Waals surface area contributed by atoms with Crippen LogP contribution in [0, 0.1) is 0 Å². The second-order valence-electron chi connectivity index (χ2n) is 2.93. The Bertz CT molecular complexity index is 368. The lowest BCUT2D eigenvalue weighted by Crippen LogP contribution is -2.05. The second-order valence-corrected chi connectivity index (χ2v) is 2.93. The minimum atomic E-state index is -0.739. The molecule has 5 nitrogen and oxygen atoms in total. The quantitative estimate of drug-likeness (QED) is 0.732. The molecule has 0 heterocycles. The molecule has 0 spiro atoms. The molecule has 5 heteroatoms. The van der Waals surface area contributed by atoms with Gasteiger partial charge in [0, 0.05) is 0 Å². The third-order valence-electron chi connectivity index (χ3n) is 1.90. The highest BCUT2D eigenvalue weighted by Gasteiger charge is 2.05. The normalized spacial score (nSPS) is 9.38. The van der Waals surface area contributed by atoms with Crippen LogP contribution in [0.4, 0.5) is 4.79 Å². The lowest BCUT2D eigenvalue weighted by atomic mass is 10.1. The number of carbonyl (C=O) groups is 2. The van der Waals surface area contributed by atoms with E-state index < -0.39 is 12.1 Å². The summed E-state index contributed by atoms with van der Waals surface area (Å²) in [6.07, 6.45) is -0.739. The van der Waals surface area contributed by atoms with Crippen LogP contribution in [0.3, 0.4) is 0 Å². The first-order chi connectivity index (χ1) is 7.67. The molecule has 0 aliphatic rings. The van der Waals surface area contributed by atoms with E-state index in [4.69, 9.17) is 4.74 Å². The molecular weight excluding hydrogens is 212 g/mol. The first-order valence-corrected chi connectivity index (χ1v) is 4.55. The highest BCUT2D eigenvalue weighted by atomic mass is 16.7. The Morgan fingerprint density at radius 3 is 2.19 bits per heavy atom. The van der Waals surface area contributed by atoms with E-state index in [1.54, 1.807) is 24.3 Å². The molecule has 1 rings (SSSR count). The predicted octanol–water partition coefficient (Wildman–Crippen LogP) is 1.76. The topological polar surface area (TPSA) is 61.8 Å². The summed E-state index contributed by atoms with van der Waals surface area (Å²) < 4.78 is 13.6. The fraction of sp³-hybridized carbons (Fsp3) is 0.273. The molecule has 16 heavy (non-hydrogen) atoms. The minimum absolute atomic E-state index is 0.105. The van der Waals surface area contributed by atoms with Crippen LogP contribution < -0.4 is 0 Å². The molecule has 86 valence electrons. The van der Waals surface area contributed by atoms with Crippen LogP contribution in [0.15, 0.2) is 24.3 Å². The van der Waals surface area contributed by atoms with Gasteiger partial charge in [-0.1, -0.05) is 12.1 Å². The molecule has 0 saturated heterocycles. The summed E-state index contributed by atoms with van der Waals surface area (Å²) in [4.78, 5) is 21.8. The first kappa shape index (κ1) is 12.0. The van der Waals surface area contributed by atoms with E-state index in [2.05, 4.69) is 9.47 Å². The summed E-state index contributed by atoms with van der Waals surface area (Å²) in [5, 5.41) is 0. The van der Waals surface area contributed by atoms with Gasteiger partial charge in [-0.15, -0.1) is 0 Å². The second kappa shape index (κ2) is 5.75. The van der Waals surface area contributed by atoms with Crippen LogP contribution in [0.5, 0.6) is 0 Å². The molecule has 1 aromatic rings. The summed E-state index contributed by atoms with van der Waals surface area (Å²) in [7, 11) is 2.55. The number of benzene rings is 1. The summed E-state index contributed by atoms with van der Waals surface area (Å²) >= 11 is 0. The Morgan fingerprint density at radius 1 is 1.06 bits per heavy atom. The van der Waals surface area contributed by atoms with Gasteiger partial charge in [0.05, 0.1) is 19.8 Å². The standard InChI is InChI=1S/C11H12O5/c1-14-10(12)9-5-3-8(4-6-9)7-16-11(13)15-2/h3-6H,7H2,1-2H3. The molecule has 0 aromatic heterocycles. The van der Waals surface area contributed by atoms with Gasteiger partial charge in [-0.3, -0.25) is 0 Å². The number of esters is 1. The molecule has 1 aromatic carbocycles. The van der Waals surface area contributed by atoms with Crippen LogP contribution in [0.2, 0.25) is 0 Å². The highest BCUT2D eigenvalue weighted by Crippen LogP contribution is 2.07. The smallest absolute Gasteiger partial charge is 0.465 e. The maximum absolute atomic E-state index is 11.1. The Balaban J connectivity index is 2.58. The SMILES string of the molecule is COC(=O)OCc1ccc(C(=O)OC)cc1. The fourth-order valence-electron chi connectivity index (χ4n) is 1.06. The van der Waals surface area contributed by atoms with Crippen molar-refractivity contribution in [2.24, 2.45) is 0 Å². The number of rotatable bonds is 3. The average molecular weight is 224 g/mol. The van der Waals surface area contributed by atoms with Crippen LogP contribution in [0.1, 0.15) is 15.9 Å². The summed E-state index contributed by atoms with van der Waals surface area (Å²) in [5.41, 5.74) is 1.21. The van der Waals surface area contributed by atoms with Gasteiger partial charge in [-0.05, 0) is 17.7 Å². The van der Waals surface area contributed by atoms with Crippen LogP contribution in [-0.2, 0) is 20.8 Å². The third-order valence-corrected chi connectivity index (χ3v) is 1.90. The Labute approximate surface area is 92.9 Å². The molecule has 0 amide bonds. The van der Waals surface area contributed by atoms with Gasteiger partial charge in [-0.25, -0.2) is 9.59 Å². The highest BCUT2D eigenvalue weighted by molar-refractivity contribution is 5.89. The molecule has 0 bridgehead atoms. The summed E-state index contributed by atoms with van der Waals surface area (Å²) in [6, 6.07) is 6.55. The molecule has 0 aliphatic heterocycles. The molecule has 0 fully saturated rings. The van der Waals surface area contributed by atoms with E-state index in [0.29, 0.717) is 5.56 Å². The van der Waals surface area contributed by atoms with Crippen LogP contribution in [0.25, 0.3) is 0 Å². The Kier molecular flexibility index (Phi) is 4.32. The summed E-state index contributed by atoms with van der Waals surface area (Å²) in [5.74, 6) is -0.402. The number of hydrogen-bond donors (Lipinski definition) is 0. The van der Waals surface area contributed by atoms with Gasteiger partial charge >= 0.3 is 12.1 Å². The third kappa shape index (κ3) is 3.27. The lowest BCUT2D eigenvalue weighted by molar-refractivity contribution is 0.0597. The van der Waals surface area contributed by atoms with Crippen molar-refractivity contribution in [3.8, 4) is 0 Å². The van der Waals surface area contributed by atoms with Gasteiger partial charge in [-0.2, -0.15) is 0 Å².